The smallest absolute Gasteiger partial charge is 0.245 e. The SMILES string of the molecule is CC(C)[C@H](NC(=O)Cc1cccc2ccccc12)C(=O)N1CCCCCC1. The molecule has 0 radical (unpaired) electrons. The van der Waals surface area contributed by atoms with Crippen LogP contribution >= 0.6 is 0 Å². The van der Waals surface area contributed by atoms with Crippen LogP contribution in [0.15, 0.2) is 42.5 Å². The Balaban J connectivity index is 1.70. The summed E-state index contributed by atoms with van der Waals surface area (Å²) < 4.78 is 0. The van der Waals surface area contributed by atoms with Crippen molar-refractivity contribution >= 4 is 22.6 Å². The Kier molecular flexibility index (Phi) is 6.49. The standard InChI is InChI=1S/C23H30N2O2/c1-17(2)22(23(27)25-14-7-3-4-8-15-25)24-21(26)16-19-12-9-11-18-10-5-6-13-20(18)19/h5-6,9-13,17,22H,3-4,7-8,14-16H2,1-2H3,(H,24,26)/t22-/m0/s1. The molecule has 0 unspecified atom stereocenters. The van der Waals surface area contributed by atoms with Gasteiger partial charge in [0.05, 0.1) is 6.42 Å². The molecule has 2 aromatic carbocycles. The van der Waals surface area contributed by atoms with Crippen LogP contribution in [0.1, 0.15) is 45.1 Å². The molecule has 0 aliphatic carbocycles. The van der Waals surface area contributed by atoms with Crippen molar-refractivity contribution in [1.82, 2.24) is 10.2 Å². The van der Waals surface area contributed by atoms with E-state index in [1.54, 1.807) is 0 Å². The molecule has 1 heterocycles. The van der Waals surface area contributed by atoms with Crippen LogP contribution in [0.4, 0.5) is 0 Å². The molecule has 4 nitrogen and oxygen atoms in total. The molecule has 1 fully saturated rings. The average molecular weight is 367 g/mol. The van der Waals surface area contributed by atoms with Gasteiger partial charge >= 0.3 is 0 Å². The zero-order valence-electron chi connectivity index (χ0n) is 16.4. The number of nitrogens with one attached hydrogen (secondary N) is 1. The monoisotopic (exact) mass is 366 g/mol. The van der Waals surface area contributed by atoms with Crippen LogP contribution in [0, 0.1) is 5.92 Å². The summed E-state index contributed by atoms with van der Waals surface area (Å²) in [5.74, 6) is 0.0450. The van der Waals surface area contributed by atoms with Crippen molar-refractivity contribution in [2.24, 2.45) is 5.92 Å². The highest BCUT2D eigenvalue weighted by Crippen LogP contribution is 2.19. The first-order chi connectivity index (χ1) is 13.1. The summed E-state index contributed by atoms with van der Waals surface area (Å²) in [6.45, 7) is 5.61. The van der Waals surface area contributed by atoms with Crippen LogP contribution < -0.4 is 5.32 Å². The molecule has 4 heteroatoms. The van der Waals surface area contributed by atoms with Gasteiger partial charge in [0.2, 0.25) is 11.8 Å². The first-order valence-electron chi connectivity index (χ1n) is 10.1. The molecule has 0 saturated carbocycles. The van der Waals surface area contributed by atoms with Crippen molar-refractivity contribution in [3.63, 3.8) is 0 Å². The Bertz CT molecular complexity index is 787. The largest absolute Gasteiger partial charge is 0.344 e. The summed E-state index contributed by atoms with van der Waals surface area (Å²) in [4.78, 5) is 27.7. The van der Waals surface area contributed by atoms with E-state index < -0.39 is 6.04 Å². The van der Waals surface area contributed by atoms with Gasteiger partial charge in [-0.3, -0.25) is 9.59 Å². The van der Waals surface area contributed by atoms with Gasteiger partial charge in [0.25, 0.3) is 0 Å². The van der Waals surface area contributed by atoms with Gasteiger partial charge in [-0.25, -0.2) is 0 Å². The Morgan fingerprint density at radius 2 is 1.63 bits per heavy atom. The normalized spacial score (nSPS) is 16.2. The van der Waals surface area contributed by atoms with Crippen LogP contribution in [0.3, 0.4) is 0 Å². The van der Waals surface area contributed by atoms with E-state index in [1.807, 2.05) is 49.1 Å². The maximum atomic E-state index is 13.0. The third kappa shape index (κ3) is 4.88. The highest BCUT2D eigenvalue weighted by molar-refractivity contribution is 5.92. The third-order valence-corrected chi connectivity index (χ3v) is 5.40. The number of amides is 2. The molecular formula is C23H30N2O2. The van der Waals surface area contributed by atoms with E-state index in [9.17, 15) is 9.59 Å². The van der Waals surface area contributed by atoms with Crippen molar-refractivity contribution < 1.29 is 9.59 Å². The van der Waals surface area contributed by atoms with Crippen molar-refractivity contribution in [2.75, 3.05) is 13.1 Å². The summed E-state index contributed by atoms with van der Waals surface area (Å²) in [6.07, 6.45) is 4.77. The highest BCUT2D eigenvalue weighted by Gasteiger charge is 2.29. The van der Waals surface area contributed by atoms with Gasteiger partial charge in [-0.15, -0.1) is 0 Å². The molecule has 1 saturated heterocycles. The van der Waals surface area contributed by atoms with Gasteiger partial charge in [0.15, 0.2) is 0 Å². The fraction of sp³-hybridized carbons (Fsp3) is 0.478. The van der Waals surface area contributed by atoms with Gasteiger partial charge in [0, 0.05) is 13.1 Å². The van der Waals surface area contributed by atoms with E-state index in [2.05, 4.69) is 17.4 Å². The summed E-state index contributed by atoms with van der Waals surface area (Å²) in [5.41, 5.74) is 0.996. The lowest BCUT2D eigenvalue weighted by Crippen LogP contribution is -2.51. The number of benzene rings is 2. The molecular weight excluding hydrogens is 336 g/mol. The van der Waals surface area contributed by atoms with Gasteiger partial charge in [-0.2, -0.15) is 0 Å². The predicted molar refractivity (Wildman–Crippen MR) is 109 cm³/mol. The first-order valence-corrected chi connectivity index (χ1v) is 10.1. The minimum absolute atomic E-state index is 0.0669. The number of nitrogens with zero attached hydrogens (tertiary/aromatic N) is 1. The Labute approximate surface area is 161 Å². The zero-order valence-corrected chi connectivity index (χ0v) is 16.4. The van der Waals surface area contributed by atoms with Crippen molar-refractivity contribution in [3.8, 4) is 0 Å². The van der Waals surface area contributed by atoms with Crippen LogP contribution in [0.5, 0.6) is 0 Å². The molecule has 1 atom stereocenters. The maximum Gasteiger partial charge on any atom is 0.245 e. The Hall–Kier alpha value is -2.36. The van der Waals surface area contributed by atoms with Crippen LogP contribution in [0.25, 0.3) is 10.8 Å². The molecule has 0 spiro atoms. The number of fused-ring (bicyclic) bond motifs is 1. The molecule has 1 N–H and O–H groups in total. The van der Waals surface area contributed by atoms with E-state index in [-0.39, 0.29) is 24.2 Å². The van der Waals surface area contributed by atoms with Crippen LogP contribution in [-0.4, -0.2) is 35.8 Å². The average Bonchev–Trinajstić information content (AvgIpc) is 2.95. The Morgan fingerprint density at radius 1 is 0.963 bits per heavy atom. The molecule has 2 amide bonds. The number of likely N-dealkylation sites (tertiary alicyclic amines) is 1. The minimum Gasteiger partial charge on any atom is -0.344 e. The predicted octanol–water partition coefficient (Wildman–Crippen LogP) is 3.93. The van der Waals surface area contributed by atoms with E-state index in [0.29, 0.717) is 0 Å². The minimum atomic E-state index is -0.453. The molecule has 1 aliphatic heterocycles. The highest BCUT2D eigenvalue weighted by atomic mass is 16.2. The molecule has 3 rings (SSSR count). The second-order valence-corrected chi connectivity index (χ2v) is 7.84. The van der Waals surface area contributed by atoms with E-state index in [0.717, 1.165) is 42.3 Å². The van der Waals surface area contributed by atoms with Crippen LogP contribution in [0.2, 0.25) is 0 Å². The van der Waals surface area contributed by atoms with Gasteiger partial charge in [-0.1, -0.05) is 69.2 Å². The van der Waals surface area contributed by atoms with Gasteiger partial charge < -0.3 is 10.2 Å². The van der Waals surface area contributed by atoms with Gasteiger partial charge in [0.1, 0.15) is 6.04 Å². The molecule has 0 aromatic heterocycles. The number of rotatable bonds is 5. The molecule has 2 aromatic rings. The number of carbonyl (C=O) groups is 2. The maximum absolute atomic E-state index is 13.0. The lowest BCUT2D eigenvalue weighted by Gasteiger charge is -2.29. The second kappa shape index (κ2) is 9.03. The van der Waals surface area contributed by atoms with Gasteiger partial charge in [-0.05, 0) is 35.1 Å². The lowest BCUT2D eigenvalue weighted by atomic mass is 10.00. The number of hydrogen-bond donors (Lipinski definition) is 1. The quantitative estimate of drug-likeness (QED) is 0.872. The number of hydrogen-bond acceptors (Lipinski definition) is 2. The lowest BCUT2D eigenvalue weighted by molar-refractivity contribution is -0.137. The summed E-state index contributed by atoms with van der Waals surface area (Å²) in [5, 5.41) is 5.24. The molecule has 0 bridgehead atoms. The molecule has 1 aliphatic rings. The second-order valence-electron chi connectivity index (χ2n) is 7.84. The van der Waals surface area contributed by atoms with Crippen molar-refractivity contribution in [3.05, 3.63) is 48.0 Å². The number of carbonyl (C=O) groups excluding carboxylic acids is 2. The topological polar surface area (TPSA) is 49.4 Å². The summed E-state index contributed by atoms with van der Waals surface area (Å²) >= 11 is 0. The van der Waals surface area contributed by atoms with E-state index >= 15 is 0 Å². The summed E-state index contributed by atoms with van der Waals surface area (Å²) in [7, 11) is 0. The van der Waals surface area contributed by atoms with Crippen molar-refractivity contribution in [1.29, 1.82) is 0 Å². The third-order valence-electron chi connectivity index (χ3n) is 5.40. The Morgan fingerprint density at radius 3 is 2.33 bits per heavy atom. The van der Waals surface area contributed by atoms with E-state index in [4.69, 9.17) is 0 Å². The zero-order chi connectivity index (χ0) is 19.2. The molecule has 27 heavy (non-hydrogen) atoms. The summed E-state index contributed by atoms with van der Waals surface area (Å²) in [6, 6.07) is 13.7. The molecule has 144 valence electrons. The van der Waals surface area contributed by atoms with Crippen molar-refractivity contribution in [2.45, 2.75) is 52.0 Å². The fourth-order valence-electron chi connectivity index (χ4n) is 3.85. The fourth-order valence-corrected chi connectivity index (χ4v) is 3.85. The van der Waals surface area contributed by atoms with Crippen LogP contribution in [-0.2, 0) is 16.0 Å². The first kappa shape index (κ1) is 19.4. The van der Waals surface area contributed by atoms with E-state index in [1.165, 1.54) is 12.8 Å².